The van der Waals surface area contributed by atoms with Crippen LogP contribution in [0.1, 0.15) is 0 Å². The molecule has 0 amide bonds. The van der Waals surface area contributed by atoms with Crippen LogP contribution in [0.3, 0.4) is 0 Å². The summed E-state index contributed by atoms with van der Waals surface area (Å²) in [7, 11) is 9.47. The predicted octanol–water partition coefficient (Wildman–Crippen LogP) is 4.14. The molecule has 4 aromatic rings. The molecule has 0 bridgehead atoms. The van der Waals surface area contributed by atoms with Gasteiger partial charge in [0.05, 0.1) is 53.9 Å². The van der Waals surface area contributed by atoms with Gasteiger partial charge >= 0.3 is 0 Å². The summed E-state index contributed by atoms with van der Waals surface area (Å²) in [6.45, 7) is 0. The minimum Gasteiger partial charge on any atom is -0.493 e. The van der Waals surface area contributed by atoms with Crippen LogP contribution in [0.15, 0.2) is 42.5 Å². The van der Waals surface area contributed by atoms with Crippen molar-refractivity contribution in [2.24, 2.45) is 0 Å². The zero-order chi connectivity index (χ0) is 23.5. The number of fused-ring (bicyclic) bond motifs is 1. The summed E-state index contributed by atoms with van der Waals surface area (Å²) >= 11 is 0. The minimum absolute atomic E-state index is 0.506. The average Bonchev–Trinajstić information content (AvgIpc) is 3.29. The SMILES string of the molecule is COc1cc(-c2ccc3nnn(-c4cc(OC)c(OC)c(OC)c4)c3c2)cc(OC)c1OC. The average molecular weight is 451 g/mol. The van der Waals surface area contributed by atoms with E-state index in [2.05, 4.69) is 10.3 Å². The lowest BCUT2D eigenvalue weighted by Gasteiger charge is -2.15. The largest absolute Gasteiger partial charge is 0.493 e. The summed E-state index contributed by atoms with van der Waals surface area (Å²) in [4.78, 5) is 0. The Hall–Kier alpha value is -4.14. The molecule has 1 aromatic heterocycles. The number of hydrogen-bond donors (Lipinski definition) is 0. The third kappa shape index (κ3) is 3.82. The molecule has 0 fully saturated rings. The Kier molecular flexibility index (Phi) is 6.12. The van der Waals surface area contributed by atoms with Crippen LogP contribution in [0, 0.1) is 0 Å². The zero-order valence-electron chi connectivity index (χ0n) is 19.3. The second-order valence-electron chi connectivity index (χ2n) is 7.00. The summed E-state index contributed by atoms with van der Waals surface area (Å²) < 4.78 is 34.6. The van der Waals surface area contributed by atoms with Crippen molar-refractivity contribution < 1.29 is 28.4 Å². The highest BCUT2D eigenvalue weighted by Gasteiger charge is 2.18. The Bertz CT molecular complexity index is 1250. The van der Waals surface area contributed by atoms with Gasteiger partial charge in [0.1, 0.15) is 5.52 Å². The number of benzene rings is 3. The van der Waals surface area contributed by atoms with Crippen molar-refractivity contribution in [3.05, 3.63) is 42.5 Å². The summed E-state index contributed by atoms with van der Waals surface area (Å²) in [5.41, 5.74) is 4.08. The topological polar surface area (TPSA) is 86.1 Å². The van der Waals surface area contributed by atoms with Gasteiger partial charge in [0.15, 0.2) is 23.0 Å². The highest BCUT2D eigenvalue weighted by Crippen LogP contribution is 2.42. The van der Waals surface area contributed by atoms with Crippen LogP contribution < -0.4 is 28.4 Å². The number of hydrogen-bond acceptors (Lipinski definition) is 8. The first kappa shape index (κ1) is 22.1. The highest BCUT2D eigenvalue weighted by molar-refractivity contribution is 5.84. The lowest BCUT2D eigenvalue weighted by molar-refractivity contribution is 0.324. The Morgan fingerprint density at radius 2 is 1.09 bits per heavy atom. The van der Waals surface area contributed by atoms with Crippen molar-refractivity contribution in [3.8, 4) is 51.3 Å². The fourth-order valence-electron chi connectivity index (χ4n) is 3.73. The minimum atomic E-state index is 0.506. The normalized spacial score (nSPS) is 10.7. The highest BCUT2D eigenvalue weighted by atomic mass is 16.5. The first-order valence-corrected chi connectivity index (χ1v) is 10.0. The molecular weight excluding hydrogens is 426 g/mol. The third-order valence-corrected chi connectivity index (χ3v) is 5.34. The molecule has 3 aromatic carbocycles. The van der Waals surface area contributed by atoms with Gasteiger partial charge < -0.3 is 28.4 Å². The molecule has 4 rings (SSSR count). The van der Waals surface area contributed by atoms with Crippen LogP contribution in [0.2, 0.25) is 0 Å². The summed E-state index contributed by atoms with van der Waals surface area (Å²) in [6.07, 6.45) is 0. The van der Waals surface area contributed by atoms with Crippen molar-refractivity contribution in [1.29, 1.82) is 0 Å². The molecule has 0 aliphatic rings. The maximum Gasteiger partial charge on any atom is 0.203 e. The van der Waals surface area contributed by atoms with Gasteiger partial charge in [-0.15, -0.1) is 5.10 Å². The van der Waals surface area contributed by atoms with E-state index in [4.69, 9.17) is 28.4 Å². The number of nitrogens with zero attached hydrogens (tertiary/aromatic N) is 3. The Balaban J connectivity index is 1.88. The molecule has 0 aliphatic heterocycles. The van der Waals surface area contributed by atoms with Gasteiger partial charge in [-0.1, -0.05) is 11.3 Å². The van der Waals surface area contributed by atoms with Gasteiger partial charge in [0.2, 0.25) is 11.5 Å². The van der Waals surface area contributed by atoms with E-state index in [1.54, 1.807) is 47.3 Å². The fraction of sp³-hybridized carbons (Fsp3) is 0.250. The Morgan fingerprint density at radius 1 is 0.576 bits per heavy atom. The lowest BCUT2D eigenvalue weighted by atomic mass is 10.0. The molecule has 172 valence electrons. The van der Waals surface area contributed by atoms with Crippen molar-refractivity contribution in [3.63, 3.8) is 0 Å². The van der Waals surface area contributed by atoms with Gasteiger partial charge in [-0.25, -0.2) is 4.68 Å². The van der Waals surface area contributed by atoms with Gasteiger partial charge in [0, 0.05) is 12.1 Å². The first-order chi connectivity index (χ1) is 16.1. The van der Waals surface area contributed by atoms with Crippen LogP contribution >= 0.6 is 0 Å². The van der Waals surface area contributed by atoms with E-state index in [1.807, 2.05) is 42.5 Å². The lowest BCUT2D eigenvalue weighted by Crippen LogP contribution is -2.01. The molecule has 1 heterocycles. The molecule has 0 N–H and O–H groups in total. The maximum absolute atomic E-state index is 5.50. The quantitative estimate of drug-likeness (QED) is 0.395. The number of aromatic nitrogens is 3. The first-order valence-electron chi connectivity index (χ1n) is 10.0. The van der Waals surface area contributed by atoms with E-state index in [1.165, 1.54) is 0 Å². The van der Waals surface area contributed by atoms with Gasteiger partial charge in [-0.05, 0) is 35.4 Å². The predicted molar refractivity (Wildman–Crippen MR) is 124 cm³/mol. The van der Waals surface area contributed by atoms with Crippen LogP contribution in [0.5, 0.6) is 34.5 Å². The molecule has 9 heteroatoms. The molecular formula is C24H25N3O6. The molecule has 0 spiro atoms. The van der Waals surface area contributed by atoms with Crippen LogP contribution in [-0.4, -0.2) is 57.7 Å². The second-order valence-corrected chi connectivity index (χ2v) is 7.00. The molecule has 0 radical (unpaired) electrons. The molecule has 0 unspecified atom stereocenters. The maximum atomic E-state index is 5.50. The van der Waals surface area contributed by atoms with Crippen molar-refractivity contribution in [2.75, 3.05) is 42.7 Å². The van der Waals surface area contributed by atoms with E-state index < -0.39 is 0 Å². The monoisotopic (exact) mass is 451 g/mol. The fourth-order valence-corrected chi connectivity index (χ4v) is 3.73. The molecule has 0 aliphatic carbocycles. The van der Waals surface area contributed by atoms with E-state index >= 15 is 0 Å². The van der Waals surface area contributed by atoms with Crippen molar-refractivity contribution >= 4 is 11.0 Å². The molecule has 0 atom stereocenters. The van der Waals surface area contributed by atoms with Crippen LogP contribution in [0.25, 0.3) is 27.8 Å². The number of ether oxygens (including phenoxy) is 6. The van der Waals surface area contributed by atoms with E-state index in [-0.39, 0.29) is 0 Å². The standard InChI is InChI=1S/C24H25N3O6/c1-28-19-10-15(11-20(29-2)23(19)32-5)14-7-8-17-18(9-14)27(26-25-17)16-12-21(30-3)24(33-6)22(13-16)31-4/h7-13H,1-6H3. The van der Waals surface area contributed by atoms with E-state index in [0.717, 1.165) is 22.2 Å². The zero-order valence-corrected chi connectivity index (χ0v) is 19.3. The summed E-state index contributed by atoms with van der Waals surface area (Å²) in [5.74, 6) is 3.24. The van der Waals surface area contributed by atoms with Gasteiger partial charge in [-0.2, -0.15) is 0 Å². The van der Waals surface area contributed by atoms with Crippen molar-refractivity contribution in [2.45, 2.75) is 0 Å². The molecule has 9 nitrogen and oxygen atoms in total. The number of methoxy groups -OCH3 is 6. The molecule has 0 saturated heterocycles. The van der Waals surface area contributed by atoms with Gasteiger partial charge in [-0.3, -0.25) is 0 Å². The second kappa shape index (κ2) is 9.15. The third-order valence-electron chi connectivity index (χ3n) is 5.34. The summed E-state index contributed by atoms with van der Waals surface area (Å²) in [6, 6.07) is 13.3. The smallest absolute Gasteiger partial charge is 0.203 e. The van der Waals surface area contributed by atoms with Gasteiger partial charge in [0.25, 0.3) is 0 Å². The Labute approximate surface area is 191 Å². The number of rotatable bonds is 8. The Morgan fingerprint density at radius 3 is 1.58 bits per heavy atom. The van der Waals surface area contributed by atoms with Crippen LogP contribution in [0.4, 0.5) is 0 Å². The molecule has 0 saturated carbocycles. The van der Waals surface area contributed by atoms with Crippen LogP contribution in [-0.2, 0) is 0 Å². The van der Waals surface area contributed by atoms with E-state index in [9.17, 15) is 0 Å². The van der Waals surface area contributed by atoms with E-state index in [0.29, 0.717) is 40.2 Å². The van der Waals surface area contributed by atoms with Crippen molar-refractivity contribution in [1.82, 2.24) is 15.0 Å². The molecule has 33 heavy (non-hydrogen) atoms. The summed E-state index contributed by atoms with van der Waals surface area (Å²) in [5, 5.41) is 8.66.